The van der Waals surface area contributed by atoms with Crippen LogP contribution in [0.4, 0.5) is 0 Å². The van der Waals surface area contributed by atoms with Gasteiger partial charge in [0.15, 0.2) is 0 Å². The fraction of sp³-hybridized carbons (Fsp3) is 0.500. The molecule has 1 aromatic rings. The maximum absolute atomic E-state index is 11.0. The van der Waals surface area contributed by atoms with Crippen molar-refractivity contribution in [2.24, 2.45) is 11.8 Å². The van der Waals surface area contributed by atoms with E-state index in [1.54, 1.807) is 6.92 Å². The Hall–Kier alpha value is -1.35. The standard InChI is InChI=1S/C14H18N2O/c1-10(17)15-14-12-8-16(9-13(12)14)7-11-5-3-2-4-6-11/h2-6,12-14H,7-9H2,1H3,(H,15,17). The van der Waals surface area contributed by atoms with Crippen molar-refractivity contribution in [2.75, 3.05) is 13.1 Å². The first-order valence-corrected chi connectivity index (χ1v) is 6.27. The molecule has 1 saturated carbocycles. The molecule has 1 aromatic carbocycles. The quantitative estimate of drug-likeness (QED) is 0.847. The van der Waals surface area contributed by atoms with Crippen LogP contribution in [0.5, 0.6) is 0 Å². The van der Waals surface area contributed by atoms with Crippen LogP contribution in [0.15, 0.2) is 30.3 Å². The van der Waals surface area contributed by atoms with Crippen LogP contribution in [-0.2, 0) is 11.3 Å². The SMILES string of the molecule is CC(=O)NC1C2CN(Cc3ccccc3)CC21. The van der Waals surface area contributed by atoms with Gasteiger partial charge in [-0.25, -0.2) is 0 Å². The minimum Gasteiger partial charge on any atom is -0.353 e. The molecule has 1 amide bonds. The summed E-state index contributed by atoms with van der Waals surface area (Å²) in [4.78, 5) is 13.5. The summed E-state index contributed by atoms with van der Waals surface area (Å²) >= 11 is 0. The van der Waals surface area contributed by atoms with Crippen LogP contribution in [0.2, 0.25) is 0 Å². The highest BCUT2D eigenvalue weighted by molar-refractivity contribution is 5.73. The molecule has 2 fully saturated rings. The van der Waals surface area contributed by atoms with Gasteiger partial charge in [0, 0.05) is 32.6 Å². The number of hydrogen-bond donors (Lipinski definition) is 1. The predicted molar refractivity (Wildman–Crippen MR) is 66.3 cm³/mol. The van der Waals surface area contributed by atoms with Gasteiger partial charge in [0.2, 0.25) is 5.91 Å². The summed E-state index contributed by atoms with van der Waals surface area (Å²) in [5.74, 6) is 1.50. The van der Waals surface area contributed by atoms with Gasteiger partial charge in [-0.2, -0.15) is 0 Å². The number of carbonyl (C=O) groups excluding carboxylic acids is 1. The zero-order chi connectivity index (χ0) is 11.8. The normalized spacial score (nSPS) is 31.0. The number of nitrogens with zero attached hydrogens (tertiary/aromatic N) is 1. The van der Waals surface area contributed by atoms with Gasteiger partial charge in [-0.1, -0.05) is 30.3 Å². The molecule has 3 nitrogen and oxygen atoms in total. The van der Waals surface area contributed by atoms with Crippen molar-refractivity contribution >= 4 is 5.91 Å². The zero-order valence-electron chi connectivity index (χ0n) is 10.1. The highest BCUT2D eigenvalue weighted by Crippen LogP contribution is 2.45. The molecule has 0 radical (unpaired) electrons. The molecule has 0 spiro atoms. The second kappa shape index (κ2) is 4.15. The van der Waals surface area contributed by atoms with E-state index in [4.69, 9.17) is 0 Å². The van der Waals surface area contributed by atoms with E-state index in [-0.39, 0.29) is 5.91 Å². The number of rotatable bonds is 3. The summed E-state index contributed by atoms with van der Waals surface area (Å²) in [6.07, 6.45) is 0. The molecule has 90 valence electrons. The first-order chi connectivity index (χ1) is 8.24. The lowest BCUT2D eigenvalue weighted by Crippen LogP contribution is -2.33. The molecule has 2 unspecified atom stereocenters. The van der Waals surface area contributed by atoms with Crippen LogP contribution in [0.1, 0.15) is 12.5 Å². The van der Waals surface area contributed by atoms with Crippen molar-refractivity contribution in [3.05, 3.63) is 35.9 Å². The number of likely N-dealkylation sites (tertiary alicyclic amines) is 1. The minimum absolute atomic E-state index is 0.110. The van der Waals surface area contributed by atoms with Gasteiger partial charge in [0.05, 0.1) is 0 Å². The zero-order valence-corrected chi connectivity index (χ0v) is 10.1. The minimum atomic E-state index is 0.110. The molecule has 3 heteroatoms. The number of carbonyl (C=O) groups is 1. The van der Waals surface area contributed by atoms with E-state index < -0.39 is 0 Å². The number of fused-ring (bicyclic) bond motifs is 1. The summed E-state index contributed by atoms with van der Waals surface area (Å²) in [5.41, 5.74) is 1.38. The molecule has 2 aliphatic rings. The number of amides is 1. The van der Waals surface area contributed by atoms with E-state index >= 15 is 0 Å². The summed E-state index contributed by atoms with van der Waals surface area (Å²) in [5, 5.41) is 3.04. The second-order valence-corrected chi connectivity index (χ2v) is 5.23. The lowest BCUT2D eigenvalue weighted by molar-refractivity contribution is -0.119. The molecule has 0 aromatic heterocycles. The van der Waals surface area contributed by atoms with E-state index in [0.717, 1.165) is 19.6 Å². The summed E-state index contributed by atoms with van der Waals surface area (Å²) < 4.78 is 0. The number of hydrogen-bond acceptors (Lipinski definition) is 2. The highest BCUT2D eigenvalue weighted by Gasteiger charge is 2.55. The Morgan fingerprint density at radius 1 is 1.29 bits per heavy atom. The Kier molecular flexibility index (Phi) is 2.63. The molecule has 1 heterocycles. The van der Waals surface area contributed by atoms with Crippen molar-refractivity contribution < 1.29 is 4.79 Å². The van der Waals surface area contributed by atoms with Crippen LogP contribution in [-0.4, -0.2) is 29.9 Å². The molecule has 3 rings (SSSR count). The van der Waals surface area contributed by atoms with Gasteiger partial charge in [-0.15, -0.1) is 0 Å². The molecular formula is C14H18N2O. The van der Waals surface area contributed by atoms with Gasteiger partial charge in [-0.05, 0) is 17.4 Å². The van der Waals surface area contributed by atoms with Crippen molar-refractivity contribution in [1.82, 2.24) is 10.2 Å². The van der Waals surface area contributed by atoms with E-state index in [1.165, 1.54) is 5.56 Å². The fourth-order valence-electron chi connectivity index (χ4n) is 3.03. The average molecular weight is 230 g/mol. The van der Waals surface area contributed by atoms with E-state index in [9.17, 15) is 4.79 Å². The molecule has 1 saturated heterocycles. The molecule has 17 heavy (non-hydrogen) atoms. The molecule has 1 N–H and O–H groups in total. The Bertz CT molecular complexity index is 405. The van der Waals surface area contributed by atoms with Crippen LogP contribution < -0.4 is 5.32 Å². The highest BCUT2D eigenvalue weighted by atomic mass is 16.1. The topological polar surface area (TPSA) is 32.3 Å². The largest absolute Gasteiger partial charge is 0.353 e. The fourth-order valence-corrected chi connectivity index (χ4v) is 3.03. The molecule has 2 atom stereocenters. The van der Waals surface area contributed by atoms with Crippen LogP contribution in [0, 0.1) is 11.8 Å². The number of piperidine rings is 1. The van der Waals surface area contributed by atoms with E-state index in [1.807, 2.05) is 0 Å². The Balaban J connectivity index is 1.51. The van der Waals surface area contributed by atoms with Crippen molar-refractivity contribution in [3.8, 4) is 0 Å². The predicted octanol–water partition coefficient (Wildman–Crippen LogP) is 1.25. The van der Waals surface area contributed by atoms with Gasteiger partial charge < -0.3 is 5.32 Å². The first kappa shape index (κ1) is 10.8. The van der Waals surface area contributed by atoms with Crippen LogP contribution in [0.3, 0.4) is 0 Å². The first-order valence-electron chi connectivity index (χ1n) is 6.27. The van der Waals surface area contributed by atoms with Gasteiger partial charge in [0.1, 0.15) is 0 Å². The van der Waals surface area contributed by atoms with E-state index in [0.29, 0.717) is 17.9 Å². The Morgan fingerprint density at radius 2 is 1.94 bits per heavy atom. The lowest BCUT2D eigenvalue weighted by Gasteiger charge is -2.19. The van der Waals surface area contributed by atoms with Gasteiger partial charge in [0.25, 0.3) is 0 Å². The average Bonchev–Trinajstić information content (AvgIpc) is 2.74. The van der Waals surface area contributed by atoms with E-state index in [2.05, 4.69) is 40.5 Å². The maximum atomic E-state index is 11.0. The molecule has 1 aliphatic heterocycles. The summed E-state index contributed by atoms with van der Waals surface area (Å²) in [6.45, 7) is 4.91. The Morgan fingerprint density at radius 3 is 2.53 bits per heavy atom. The third-order valence-corrected chi connectivity index (χ3v) is 3.89. The van der Waals surface area contributed by atoms with Gasteiger partial charge in [-0.3, -0.25) is 9.69 Å². The maximum Gasteiger partial charge on any atom is 0.217 e. The summed E-state index contributed by atoms with van der Waals surface area (Å²) in [7, 11) is 0. The number of benzene rings is 1. The third kappa shape index (κ3) is 2.20. The van der Waals surface area contributed by atoms with Crippen molar-refractivity contribution in [2.45, 2.75) is 19.5 Å². The van der Waals surface area contributed by atoms with Gasteiger partial charge >= 0.3 is 0 Å². The Labute approximate surface area is 102 Å². The monoisotopic (exact) mass is 230 g/mol. The van der Waals surface area contributed by atoms with Crippen molar-refractivity contribution in [1.29, 1.82) is 0 Å². The van der Waals surface area contributed by atoms with Crippen molar-refractivity contribution in [3.63, 3.8) is 0 Å². The molecule has 1 aliphatic carbocycles. The summed E-state index contributed by atoms with van der Waals surface area (Å²) in [6, 6.07) is 11.0. The van der Waals surface area contributed by atoms with Crippen LogP contribution in [0.25, 0.3) is 0 Å². The molecular weight excluding hydrogens is 212 g/mol. The third-order valence-electron chi connectivity index (χ3n) is 3.89. The molecule has 0 bridgehead atoms. The number of nitrogens with one attached hydrogen (secondary N) is 1. The smallest absolute Gasteiger partial charge is 0.217 e. The van der Waals surface area contributed by atoms with Crippen LogP contribution >= 0.6 is 0 Å². The lowest BCUT2D eigenvalue weighted by atomic mass is 10.2. The second-order valence-electron chi connectivity index (χ2n) is 5.23.